The van der Waals surface area contributed by atoms with Crippen molar-refractivity contribution in [1.82, 2.24) is 5.43 Å². The van der Waals surface area contributed by atoms with E-state index in [-0.39, 0.29) is 17.2 Å². The van der Waals surface area contributed by atoms with Crippen LogP contribution in [0, 0.1) is 5.92 Å². The van der Waals surface area contributed by atoms with Crippen LogP contribution in [0.2, 0.25) is 0 Å². The fourth-order valence-electron chi connectivity index (χ4n) is 4.45. The van der Waals surface area contributed by atoms with E-state index in [9.17, 15) is 9.59 Å². The van der Waals surface area contributed by atoms with Crippen LogP contribution in [0.25, 0.3) is 6.08 Å². The lowest BCUT2D eigenvalue weighted by Crippen LogP contribution is -2.25. The van der Waals surface area contributed by atoms with Gasteiger partial charge in [-0.05, 0) is 53.5 Å². The summed E-state index contributed by atoms with van der Waals surface area (Å²) in [6.45, 7) is 0. The zero-order chi connectivity index (χ0) is 24.8. The summed E-state index contributed by atoms with van der Waals surface area (Å²) in [6.07, 6.45) is 6.61. The summed E-state index contributed by atoms with van der Waals surface area (Å²) in [4.78, 5) is 25.1. The fourth-order valence-corrected chi connectivity index (χ4v) is 4.45. The summed E-state index contributed by atoms with van der Waals surface area (Å²) >= 11 is 0. The van der Waals surface area contributed by atoms with E-state index in [2.05, 4.69) is 34.8 Å². The van der Waals surface area contributed by atoms with Gasteiger partial charge in [-0.3, -0.25) is 4.79 Å². The first-order valence-electron chi connectivity index (χ1n) is 11.6. The lowest BCUT2D eigenvalue weighted by Gasteiger charge is -2.18. The number of amides is 1. The van der Waals surface area contributed by atoms with Gasteiger partial charge >= 0.3 is 5.97 Å². The van der Waals surface area contributed by atoms with Crippen molar-refractivity contribution in [3.05, 3.63) is 132 Å². The van der Waals surface area contributed by atoms with E-state index in [1.165, 1.54) is 24.6 Å². The zero-order valence-electron chi connectivity index (χ0n) is 19.4. The molecule has 1 heterocycles. The number of carbonyl (C=O) groups is 2. The summed E-state index contributed by atoms with van der Waals surface area (Å²) in [6, 6.07) is 30.6. The van der Waals surface area contributed by atoms with Crippen molar-refractivity contribution in [2.75, 3.05) is 0 Å². The number of nitrogens with one attached hydrogen (secondary N) is 1. The number of hydrazone groups is 1. The largest absolute Gasteiger partial charge is 0.465 e. The van der Waals surface area contributed by atoms with Crippen molar-refractivity contribution < 1.29 is 18.7 Å². The molecule has 1 aromatic heterocycles. The summed E-state index contributed by atoms with van der Waals surface area (Å²) in [5, 5.41) is 4.15. The predicted octanol–water partition coefficient (Wildman–Crippen LogP) is 5.35. The molecule has 5 rings (SSSR count). The number of furan rings is 1. The van der Waals surface area contributed by atoms with Gasteiger partial charge in [0, 0.05) is 11.5 Å². The van der Waals surface area contributed by atoms with Gasteiger partial charge in [-0.2, -0.15) is 5.10 Å². The Morgan fingerprint density at radius 3 is 2.31 bits per heavy atom. The Bertz CT molecular complexity index is 1350. The maximum Gasteiger partial charge on any atom is 0.336 e. The minimum absolute atomic E-state index is 0.135. The van der Waals surface area contributed by atoms with Crippen LogP contribution in [-0.4, -0.2) is 18.1 Å². The van der Waals surface area contributed by atoms with Crippen molar-refractivity contribution in [3.8, 4) is 5.75 Å². The van der Waals surface area contributed by atoms with Crippen molar-refractivity contribution in [2.45, 2.75) is 11.8 Å². The van der Waals surface area contributed by atoms with Crippen molar-refractivity contribution in [2.24, 2.45) is 11.0 Å². The van der Waals surface area contributed by atoms with E-state index in [1.54, 1.807) is 36.4 Å². The normalized spacial score (nSPS) is 16.2. The van der Waals surface area contributed by atoms with Crippen LogP contribution < -0.4 is 10.2 Å². The molecule has 1 atom stereocenters. The molecule has 1 saturated carbocycles. The maximum absolute atomic E-state index is 13.0. The third-order valence-corrected chi connectivity index (χ3v) is 6.25. The van der Waals surface area contributed by atoms with Gasteiger partial charge in [-0.25, -0.2) is 10.2 Å². The molecule has 0 bridgehead atoms. The molecule has 0 aliphatic heterocycles. The molecule has 6 nitrogen and oxygen atoms in total. The van der Waals surface area contributed by atoms with Gasteiger partial charge < -0.3 is 9.15 Å². The van der Waals surface area contributed by atoms with Crippen LogP contribution in [0.5, 0.6) is 5.75 Å². The van der Waals surface area contributed by atoms with Gasteiger partial charge in [0.15, 0.2) is 0 Å². The molecule has 0 spiro atoms. The Morgan fingerprint density at radius 2 is 1.64 bits per heavy atom. The van der Waals surface area contributed by atoms with Crippen LogP contribution in [0.4, 0.5) is 0 Å². The first kappa shape index (κ1) is 23.1. The van der Waals surface area contributed by atoms with Gasteiger partial charge in [0.05, 0.1) is 18.4 Å². The molecule has 36 heavy (non-hydrogen) atoms. The lowest BCUT2D eigenvalue weighted by molar-refractivity contribution is -0.129. The van der Waals surface area contributed by atoms with Crippen LogP contribution in [-0.2, 0) is 15.0 Å². The van der Waals surface area contributed by atoms with Crippen LogP contribution in [0.15, 0.2) is 119 Å². The molecule has 1 amide bonds. The Hall–Kier alpha value is -4.71. The molecule has 0 unspecified atom stereocenters. The number of esters is 1. The summed E-state index contributed by atoms with van der Waals surface area (Å²) < 4.78 is 10.5. The van der Waals surface area contributed by atoms with Gasteiger partial charge in [0.25, 0.3) is 0 Å². The quantitative estimate of drug-likeness (QED) is 0.122. The zero-order valence-corrected chi connectivity index (χ0v) is 19.4. The Morgan fingerprint density at radius 1 is 0.917 bits per heavy atom. The third-order valence-electron chi connectivity index (χ3n) is 6.25. The van der Waals surface area contributed by atoms with Crippen LogP contribution in [0.3, 0.4) is 0 Å². The molecule has 1 aliphatic rings. The average molecular weight is 477 g/mol. The number of hydrogen-bond acceptors (Lipinski definition) is 5. The highest BCUT2D eigenvalue weighted by molar-refractivity contribution is 5.89. The van der Waals surface area contributed by atoms with Gasteiger partial charge in [-0.1, -0.05) is 72.8 Å². The molecule has 4 aromatic rings. The Labute approximate surface area is 208 Å². The third kappa shape index (κ3) is 5.03. The number of hydrogen-bond donors (Lipinski definition) is 1. The smallest absolute Gasteiger partial charge is 0.336 e. The highest BCUT2D eigenvalue weighted by atomic mass is 16.5. The number of ether oxygens (including phenoxy) is 1. The molecule has 1 fully saturated rings. The van der Waals surface area contributed by atoms with E-state index >= 15 is 0 Å². The van der Waals surface area contributed by atoms with E-state index in [1.807, 2.05) is 36.4 Å². The van der Waals surface area contributed by atoms with Crippen LogP contribution >= 0.6 is 0 Å². The van der Waals surface area contributed by atoms with Gasteiger partial charge in [-0.15, -0.1) is 0 Å². The second-order valence-electron chi connectivity index (χ2n) is 8.54. The number of carbonyl (C=O) groups excluding carboxylic acids is 2. The van der Waals surface area contributed by atoms with E-state index < -0.39 is 5.97 Å². The van der Waals surface area contributed by atoms with Crippen molar-refractivity contribution in [1.29, 1.82) is 0 Å². The molecule has 0 saturated heterocycles. The molecule has 178 valence electrons. The van der Waals surface area contributed by atoms with Crippen molar-refractivity contribution >= 4 is 24.2 Å². The minimum Gasteiger partial charge on any atom is -0.465 e. The first-order valence-corrected chi connectivity index (χ1v) is 11.6. The molecule has 3 aromatic carbocycles. The summed E-state index contributed by atoms with van der Waals surface area (Å²) in [5.41, 5.74) is 5.26. The molecule has 0 radical (unpaired) electrons. The summed E-state index contributed by atoms with van der Waals surface area (Å²) in [5.74, 6) is 0.0505. The highest BCUT2D eigenvalue weighted by Gasteiger charge is 2.60. The Balaban J connectivity index is 1.23. The second-order valence-corrected chi connectivity index (χ2v) is 8.54. The Kier molecular flexibility index (Phi) is 6.58. The molecular formula is C30H24N2O4. The van der Waals surface area contributed by atoms with Crippen molar-refractivity contribution in [3.63, 3.8) is 0 Å². The number of nitrogens with zero attached hydrogens (tertiary/aromatic N) is 1. The van der Waals surface area contributed by atoms with E-state index in [0.29, 0.717) is 17.1 Å². The topological polar surface area (TPSA) is 80.9 Å². The standard InChI is InChI=1S/C30H24N2O4/c33-28(17-16-25-15-8-18-35-25)36-26-14-7-9-22(19-26)21-31-32-29(34)27-20-30(27,23-10-3-1-4-11-23)24-12-5-2-6-13-24/h1-19,21,27H,20H2,(H,32,34)/b17-16-,31-21?/t27-/m0/s1. The minimum atomic E-state index is -0.527. The summed E-state index contributed by atoms with van der Waals surface area (Å²) in [7, 11) is 0. The second kappa shape index (κ2) is 10.3. The monoisotopic (exact) mass is 476 g/mol. The number of rotatable bonds is 8. The SMILES string of the molecule is O=C(/C=C\c1ccco1)Oc1cccc(C=NNC(=O)[C@@H]2CC2(c2ccccc2)c2ccccc2)c1. The first-order chi connectivity index (χ1) is 17.6. The highest BCUT2D eigenvalue weighted by Crippen LogP contribution is 2.58. The van der Waals surface area contributed by atoms with Gasteiger partial charge in [0.1, 0.15) is 11.5 Å². The van der Waals surface area contributed by atoms with Gasteiger partial charge in [0.2, 0.25) is 5.91 Å². The average Bonchev–Trinajstić information content (AvgIpc) is 3.47. The van der Waals surface area contributed by atoms with Crippen LogP contribution in [0.1, 0.15) is 28.9 Å². The fraction of sp³-hybridized carbons (Fsp3) is 0.100. The van der Waals surface area contributed by atoms with E-state index in [0.717, 1.165) is 17.5 Å². The molecule has 6 heteroatoms. The number of benzene rings is 3. The van der Waals surface area contributed by atoms with E-state index in [4.69, 9.17) is 9.15 Å². The molecular weight excluding hydrogens is 452 g/mol. The molecule has 1 aliphatic carbocycles. The molecule has 1 N–H and O–H groups in total. The maximum atomic E-state index is 13.0. The predicted molar refractivity (Wildman–Crippen MR) is 137 cm³/mol. The lowest BCUT2D eigenvalue weighted by atomic mass is 9.85.